The van der Waals surface area contributed by atoms with E-state index in [1.54, 1.807) is 86.5 Å². The number of carbonyl (C=O) groups is 5. The first kappa shape index (κ1) is 46.6. The molecule has 4 heterocycles. The van der Waals surface area contributed by atoms with Crippen molar-refractivity contribution in [1.82, 2.24) is 20.4 Å². The number of ether oxygens (including phenoxy) is 5. The second-order valence-corrected chi connectivity index (χ2v) is 17.0. The average molecular weight is 924 g/mol. The molecule has 0 radical (unpaired) electrons. The first-order valence-electron chi connectivity index (χ1n) is 22.3. The molecule has 0 spiro atoms. The van der Waals surface area contributed by atoms with Crippen molar-refractivity contribution in [1.29, 1.82) is 0 Å². The van der Waals surface area contributed by atoms with E-state index in [2.05, 4.69) is 16.0 Å². The number of nitrogens with one attached hydrogen (secondary N) is 3. The Hall–Kier alpha value is -7.95. The highest BCUT2D eigenvalue weighted by Gasteiger charge is 2.35. The maximum atomic E-state index is 14.0. The summed E-state index contributed by atoms with van der Waals surface area (Å²) >= 11 is 0. The van der Waals surface area contributed by atoms with Gasteiger partial charge in [0.05, 0.1) is 69.1 Å². The highest BCUT2D eigenvalue weighted by atomic mass is 16.5. The Morgan fingerprint density at radius 1 is 0.691 bits per heavy atom. The quantitative estimate of drug-likeness (QED) is 0.0712. The van der Waals surface area contributed by atoms with Gasteiger partial charge in [0, 0.05) is 61.9 Å². The maximum absolute atomic E-state index is 14.0. The molecule has 0 aromatic heterocycles. The van der Waals surface area contributed by atoms with Crippen LogP contribution in [-0.4, -0.2) is 111 Å². The van der Waals surface area contributed by atoms with Crippen LogP contribution in [0.4, 0.5) is 17.1 Å². The minimum atomic E-state index is -0.851. The number of benzene rings is 4. The van der Waals surface area contributed by atoms with Gasteiger partial charge in [0.25, 0.3) is 11.8 Å². The lowest BCUT2D eigenvalue weighted by Crippen LogP contribution is -2.52. The van der Waals surface area contributed by atoms with Crippen molar-refractivity contribution in [3.63, 3.8) is 0 Å². The van der Waals surface area contributed by atoms with E-state index in [4.69, 9.17) is 33.7 Å². The normalized spacial score (nSPS) is 17.6. The molecule has 4 aromatic rings. The molecule has 3 N–H and O–H groups in total. The molecule has 0 aliphatic carbocycles. The van der Waals surface area contributed by atoms with Crippen LogP contribution in [0.5, 0.6) is 28.7 Å². The van der Waals surface area contributed by atoms with E-state index in [0.717, 1.165) is 28.0 Å². The summed E-state index contributed by atoms with van der Waals surface area (Å²) in [4.78, 5) is 77.0. The minimum absolute atomic E-state index is 0.161. The third kappa shape index (κ3) is 9.77. The molecular formula is C51H53N7O10. The van der Waals surface area contributed by atoms with Gasteiger partial charge in [0.1, 0.15) is 17.8 Å². The van der Waals surface area contributed by atoms with Crippen LogP contribution in [0.2, 0.25) is 0 Å². The fourth-order valence-corrected chi connectivity index (χ4v) is 8.40. The Balaban J connectivity index is 0.857. The van der Waals surface area contributed by atoms with Gasteiger partial charge >= 0.3 is 0 Å². The zero-order chi connectivity index (χ0) is 48.1. The topological polar surface area (TPSA) is 199 Å². The van der Waals surface area contributed by atoms with E-state index in [0.29, 0.717) is 76.9 Å². The number of amides is 5. The number of rotatable bonds is 18. The highest BCUT2D eigenvalue weighted by Crippen LogP contribution is 2.42. The van der Waals surface area contributed by atoms with Gasteiger partial charge in [0.15, 0.2) is 23.0 Å². The SMILES string of the molecule is COc1ccc(C2=CN3C(=O)c4cc(OC)c(OCCCOc5cc6c(cc5OC)C(=O)N5C=C(c7ccc(NC(=O)[C@H](C)NC(=O)[C@@H](NC=O)C(C)C)cc7)C[C@H]5C=N6)cc4N=C[C@@H]3C2)cc1. The zero-order valence-electron chi connectivity index (χ0n) is 38.6. The summed E-state index contributed by atoms with van der Waals surface area (Å²) in [7, 11) is 4.66. The molecule has 352 valence electrons. The van der Waals surface area contributed by atoms with Crippen molar-refractivity contribution in [3.8, 4) is 28.7 Å². The fraction of sp³-hybridized carbons (Fsp3) is 0.314. The standard InChI is InChI=1S/C51H53N7O10/c1-29(2)47(54-28-59)49(61)55-30(3)48(60)56-35-12-8-31(9-13-35)33-18-36-24-52-41-22-45(43(65-5)20-39(41)50(62)57(36)26-33)67-16-7-17-68-46-23-42-40(21-44(46)66-6)51(63)58-27-34(19-37(58)25-53-42)32-10-14-38(64-4)15-11-32/h8-15,20-30,36-37,47H,7,16-19H2,1-6H3,(H,54,59)(H,55,61)(H,56,60)/t30-,36-,37-,47-/m0/s1. The number of hydrogen-bond donors (Lipinski definition) is 3. The molecule has 68 heavy (non-hydrogen) atoms. The summed E-state index contributed by atoms with van der Waals surface area (Å²) < 4.78 is 28.9. The van der Waals surface area contributed by atoms with Gasteiger partial charge in [-0.15, -0.1) is 0 Å². The van der Waals surface area contributed by atoms with Crippen LogP contribution >= 0.6 is 0 Å². The van der Waals surface area contributed by atoms with Gasteiger partial charge in [-0.05, 0) is 71.5 Å². The molecule has 0 saturated heterocycles. The predicted octanol–water partition coefficient (Wildman–Crippen LogP) is 6.72. The lowest BCUT2D eigenvalue weighted by Gasteiger charge is -2.22. The smallest absolute Gasteiger partial charge is 0.260 e. The lowest BCUT2D eigenvalue weighted by atomic mass is 10.0. The molecule has 17 heteroatoms. The van der Waals surface area contributed by atoms with E-state index >= 15 is 0 Å². The van der Waals surface area contributed by atoms with Crippen LogP contribution in [0.15, 0.2) is 95.2 Å². The molecule has 8 rings (SSSR count). The molecule has 0 unspecified atom stereocenters. The van der Waals surface area contributed by atoms with Crippen molar-refractivity contribution in [2.45, 2.75) is 64.2 Å². The van der Waals surface area contributed by atoms with Crippen LogP contribution < -0.4 is 39.6 Å². The third-order valence-corrected chi connectivity index (χ3v) is 12.2. The molecule has 4 aliphatic heterocycles. The van der Waals surface area contributed by atoms with Crippen LogP contribution in [0.3, 0.4) is 0 Å². The number of carbonyl (C=O) groups excluding carboxylic acids is 5. The lowest BCUT2D eigenvalue weighted by molar-refractivity contribution is -0.129. The average Bonchev–Trinajstić information content (AvgIpc) is 3.93. The Morgan fingerprint density at radius 3 is 1.65 bits per heavy atom. The molecule has 0 bridgehead atoms. The van der Waals surface area contributed by atoms with Crippen LogP contribution in [0.25, 0.3) is 11.1 Å². The third-order valence-electron chi connectivity index (χ3n) is 12.2. The van der Waals surface area contributed by atoms with Crippen LogP contribution in [0, 0.1) is 5.92 Å². The molecular weight excluding hydrogens is 871 g/mol. The van der Waals surface area contributed by atoms with Gasteiger partial charge in [0.2, 0.25) is 18.2 Å². The number of methoxy groups -OCH3 is 3. The monoisotopic (exact) mass is 923 g/mol. The van der Waals surface area contributed by atoms with Crippen molar-refractivity contribution < 1.29 is 47.7 Å². The Labute approximate surface area is 393 Å². The second kappa shape index (κ2) is 20.3. The summed E-state index contributed by atoms with van der Waals surface area (Å²) in [5.41, 5.74) is 6.07. The predicted molar refractivity (Wildman–Crippen MR) is 256 cm³/mol. The highest BCUT2D eigenvalue weighted by molar-refractivity contribution is 6.07. The summed E-state index contributed by atoms with van der Waals surface area (Å²) in [5, 5.41) is 7.95. The van der Waals surface area contributed by atoms with Crippen molar-refractivity contribution in [2.75, 3.05) is 39.9 Å². The Morgan fingerprint density at radius 2 is 1.19 bits per heavy atom. The molecule has 17 nitrogen and oxygen atoms in total. The summed E-state index contributed by atoms with van der Waals surface area (Å²) in [6.45, 7) is 5.69. The van der Waals surface area contributed by atoms with Gasteiger partial charge in [-0.25, -0.2) is 0 Å². The van der Waals surface area contributed by atoms with E-state index in [1.807, 2.05) is 48.8 Å². The first-order chi connectivity index (χ1) is 32.9. The first-order valence-corrected chi connectivity index (χ1v) is 22.3. The number of aliphatic imine (C=N–C) groups is 2. The maximum Gasteiger partial charge on any atom is 0.260 e. The van der Waals surface area contributed by atoms with Crippen LogP contribution in [-0.2, 0) is 14.4 Å². The molecule has 4 atom stereocenters. The van der Waals surface area contributed by atoms with Gasteiger partial charge < -0.3 is 49.4 Å². The number of nitrogens with zero attached hydrogens (tertiary/aromatic N) is 4. The molecule has 0 fully saturated rings. The Bertz CT molecular complexity index is 2730. The fourth-order valence-electron chi connectivity index (χ4n) is 8.40. The van der Waals surface area contributed by atoms with Gasteiger partial charge in [-0.3, -0.25) is 34.0 Å². The summed E-state index contributed by atoms with van der Waals surface area (Å²) in [6.07, 6.45) is 9.35. The molecule has 4 aliphatic rings. The number of hydrogen-bond acceptors (Lipinski definition) is 12. The summed E-state index contributed by atoms with van der Waals surface area (Å²) in [5.74, 6) is 0.969. The van der Waals surface area contributed by atoms with E-state index in [-0.39, 0.29) is 43.0 Å². The zero-order valence-corrected chi connectivity index (χ0v) is 38.6. The van der Waals surface area contributed by atoms with E-state index in [9.17, 15) is 24.0 Å². The largest absolute Gasteiger partial charge is 0.497 e. The second-order valence-electron chi connectivity index (χ2n) is 17.0. The van der Waals surface area contributed by atoms with Crippen molar-refractivity contribution in [3.05, 3.63) is 107 Å². The number of anilines is 1. The molecule has 4 aromatic carbocycles. The Kier molecular flexibility index (Phi) is 13.9. The molecule has 0 saturated carbocycles. The van der Waals surface area contributed by atoms with Crippen LogP contribution in [0.1, 0.15) is 71.9 Å². The molecule has 5 amide bonds. The van der Waals surface area contributed by atoms with Crippen molar-refractivity contribution in [2.24, 2.45) is 15.9 Å². The van der Waals surface area contributed by atoms with Crippen molar-refractivity contribution >= 4 is 70.7 Å². The number of fused-ring (bicyclic) bond motifs is 4. The van der Waals surface area contributed by atoms with Gasteiger partial charge in [-0.2, -0.15) is 0 Å². The van der Waals surface area contributed by atoms with E-state index in [1.165, 1.54) is 14.2 Å². The van der Waals surface area contributed by atoms with E-state index < -0.39 is 23.9 Å². The minimum Gasteiger partial charge on any atom is -0.497 e. The van der Waals surface area contributed by atoms with Gasteiger partial charge in [-0.1, -0.05) is 38.1 Å². The summed E-state index contributed by atoms with van der Waals surface area (Å²) in [6, 6.07) is 19.5.